The number of esters is 2. The highest BCUT2D eigenvalue weighted by molar-refractivity contribution is 8.00. The molecule has 106 valence electrons. The highest BCUT2D eigenvalue weighted by Crippen LogP contribution is 2.40. The number of nitrogens with two attached hydrogens (primary N) is 1. The highest BCUT2D eigenvalue weighted by Gasteiger charge is 2.55. The van der Waals surface area contributed by atoms with E-state index in [1.807, 2.05) is 0 Å². The fourth-order valence-electron chi connectivity index (χ4n) is 1.88. The largest absolute Gasteiger partial charge is 0.466 e. The third-order valence-corrected chi connectivity index (χ3v) is 5.12. The van der Waals surface area contributed by atoms with Gasteiger partial charge < -0.3 is 20.1 Å². The molecule has 2 aliphatic heterocycles. The van der Waals surface area contributed by atoms with Crippen LogP contribution in [-0.4, -0.2) is 65.0 Å². The second-order valence-electron chi connectivity index (χ2n) is 4.31. The van der Waals surface area contributed by atoms with Crippen LogP contribution in [-0.2, 0) is 23.9 Å². The third kappa shape index (κ3) is 2.52. The molecular weight excluding hydrogens is 296 g/mol. The van der Waals surface area contributed by atoms with Crippen LogP contribution in [0.4, 0.5) is 0 Å². The molecular formula is C10H13ClN2O5S. The van der Waals surface area contributed by atoms with Crippen molar-refractivity contribution in [3.8, 4) is 0 Å². The Bertz CT molecular complexity index is 434. The Balaban J connectivity index is 1.94. The molecule has 0 aliphatic carbocycles. The van der Waals surface area contributed by atoms with E-state index in [1.54, 1.807) is 0 Å². The Morgan fingerprint density at radius 3 is 2.95 bits per heavy atom. The molecule has 0 bridgehead atoms. The van der Waals surface area contributed by atoms with Crippen molar-refractivity contribution >= 4 is 41.2 Å². The second-order valence-corrected chi connectivity index (χ2v) is 6.14. The van der Waals surface area contributed by atoms with E-state index >= 15 is 0 Å². The number of rotatable bonds is 3. The summed E-state index contributed by atoms with van der Waals surface area (Å²) < 4.78 is 9.13. The number of halogens is 1. The van der Waals surface area contributed by atoms with E-state index in [4.69, 9.17) is 22.1 Å². The van der Waals surface area contributed by atoms with Crippen molar-refractivity contribution in [1.82, 2.24) is 4.90 Å². The van der Waals surface area contributed by atoms with Crippen molar-refractivity contribution in [3.05, 3.63) is 0 Å². The number of β-lactam (4-membered cyclic amide) rings is 1. The van der Waals surface area contributed by atoms with Gasteiger partial charge in [-0.1, -0.05) is 0 Å². The molecule has 19 heavy (non-hydrogen) atoms. The van der Waals surface area contributed by atoms with Gasteiger partial charge in [0.15, 0.2) is 11.5 Å². The Morgan fingerprint density at radius 2 is 2.32 bits per heavy atom. The van der Waals surface area contributed by atoms with Crippen molar-refractivity contribution in [1.29, 1.82) is 0 Å². The minimum Gasteiger partial charge on any atom is -0.466 e. The number of hydrogen-bond donors (Lipinski definition) is 1. The second kappa shape index (κ2) is 5.18. The monoisotopic (exact) mass is 308 g/mol. The fraction of sp³-hybridized carbons (Fsp3) is 0.700. The summed E-state index contributed by atoms with van der Waals surface area (Å²) in [6.07, 6.45) is 0. The summed E-state index contributed by atoms with van der Waals surface area (Å²) in [6, 6.07) is -0.530. The first-order valence-electron chi connectivity index (χ1n) is 5.49. The maximum absolute atomic E-state index is 11.9. The molecule has 0 radical (unpaired) electrons. The summed E-state index contributed by atoms with van der Waals surface area (Å²) in [5.74, 6) is -1.37. The first-order valence-corrected chi connectivity index (χ1v) is 6.92. The van der Waals surface area contributed by atoms with Crippen LogP contribution in [0.3, 0.4) is 0 Å². The molecule has 2 saturated heterocycles. The van der Waals surface area contributed by atoms with E-state index < -0.39 is 29.5 Å². The Morgan fingerprint density at radius 1 is 1.63 bits per heavy atom. The predicted molar refractivity (Wildman–Crippen MR) is 67.5 cm³/mol. The van der Waals surface area contributed by atoms with Gasteiger partial charge in [0, 0.05) is 5.75 Å². The standard InChI is InChI=1S/C10H13ClN2O5S/c1-17-5(14)2-18-9(16)10(11)3-13-7(15)6(12)8(13)19-4-10/h6,8H,2-4,12H2,1H3/t6?,8-,10?/m1/s1. The van der Waals surface area contributed by atoms with Crippen LogP contribution in [0.2, 0.25) is 0 Å². The number of nitrogens with zero attached hydrogens (tertiary/aromatic N) is 1. The van der Waals surface area contributed by atoms with Crippen molar-refractivity contribution < 1.29 is 23.9 Å². The molecule has 2 aliphatic rings. The highest BCUT2D eigenvalue weighted by atomic mass is 35.5. The van der Waals surface area contributed by atoms with Gasteiger partial charge in [0.25, 0.3) is 0 Å². The van der Waals surface area contributed by atoms with Gasteiger partial charge in [0.2, 0.25) is 5.91 Å². The molecule has 9 heteroatoms. The first kappa shape index (κ1) is 14.4. The Hall–Kier alpha value is -0.990. The van der Waals surface area contributed by atoms with Crippen LogP contribution in [0.15, 0.2) is 0 Å². The van der Waals surface area contributed by atoms with Crippen molar-refractivity contribution in [3.63, 3.8) is 0 Å². The summed E-state index contributed by atoms with van der Waals surface area (Å²) in [4.78, 5) is 34.4. The van der Waals surface area contributed by atoms with Gasteiger partial charge in [-0.25, -0.2) is 4.79 Å². The smallest absolute Gasteiger partial charge is 0.344 e. The Kier molecular flexibility index (Phi) is 3.93. The van der Waals surface area contributed by atoms with E-state index in [0.717, 1.165) is 0 Å². The minimum absolute atomic E-state index is 0.0404. The molecule has 0 aromatic rings. The number of amides is 1. The van der Waals surface area contributed by atoms with E-state index in [2.05, 4.69) is 4.74 Å². The number of methoxy groups -OCH3 is 1. The quantitative estimate of drug-likeness (QED) is 0.402. The number of carbonyl (C=O) groups excluding carboxylic acids is 3. The normalized spacial score (nSPS) is 33.2. The number of hydrogen-bond acceptors (Lipinski definition) is 7. The molecule has 7 nitrogen and oxygen atoms in total. The molecule has 2 fully saturated rings. The number of alkyl halides is 1. The molecule has 2 unspecified atom stereocenters. The molecule has 3 atom stereocenters. The number of thioether (sulfide) groups is 1. The van der Waals surface area contributed by atoms with Crippen molar-refractivity contribution in [2.45, 2.75) is 16.3 Å². The zero-order valence-electron chi connectivity index (χ0n) is 10.1. The van der Waals surface area contributed by atoms with Crippen LogP contribution in [0.1, 0.15) is 0 Å². The van der Waals surface area contributed by atoms with E-state index in [9.17, 15) is 14.4 Å². The van der Waals surface area contributed by atoms with Gasteiger partial charge >= 0.3 is 11.9 Å². The van der Waals surface area contributed by atoms with Gasteiger partial charge in [-0.15, -0.1) is 23.4 Å². The topological polar surface area (TPSA) is 98.9 Å². The van der Waals surface area contributed by atoms with Crippen LogP contribution >= 0.6 is 23.4 Å². The van der Waals surface area contributed by atoms with Crippen LogP contribution < -0.4 is 5.73 Å². The predicted octanol–water partition coefficient (Wildman–Crippen LogP) is -1.08. The molecule has 0 spiro atoms. The Labute approximate surface area is 118 Å². The van der Waals surface area contributed by atoms with Gasteiger partial charge in [-0.3, -0.25) is 9.59 Å². The summed E-state index contributed by atoms with van der Waals surface area (Å²) >= 11 is 7.51. The van der Waals surface area contributed by atoms with Crippen LogP contribution in [0.5, 0.6) is 0 Å². The maximum Gasteiger partial charge on any atom is 0.344 e. The fourth-order valence-corrected chi connectivity index (χ4v) is 3.58. The average molecular weight is 309 g/mol. The molecule has 1 amide bonds. The van der Waals surface area contributed by atoms with Crippen molar-refractivity contribution in [2.75, 3.05) is 26.0 Å². The molecule has 2 heterocycles. The van der Waals surface area contributed by atoms with Gasteiger partial charge in [0.05, 0.1) is 13.7 Å². The molecule has 2 rings (SSSR count). The average Bonchev–Trinajstić information content (AvgIpc) is 2.43. The molecule has 0 aromatic heterocycles. The zero-order chi connectivity index (χ0) is 14.2. The number of ether oxygens (including phenoxy) is 2. The van der Waals surface area contributed by atoms with E-state index in [1.165, 1.54) is 23.8 Å². The molecule has 2 N–H and O–H groups in total. The van der Waals surface area contributed by atoms with Gasteiger partial charge in [-0.05, 0) is 0 Å². The maximum atomic E-state index is 11.9. The lowest BCUT2D eigenvalue weighted by Crippen LogP contribution is -2.72. The third-order valence-electron chi connectivity index (χ3n) is 3.00. The zero-order valence-corrected chi connectivity index (χ0v) is 11.7. The number of carbonyl (C=O) groups is 3. The lowest BCUT2D eigenvalue weighted by Gasteiger charge is -2.51. The summed E-state index contributed by atoms with van der Waals surface area (Å²) in [5.41, 5.74) is 5.63. The van der Waals surface area contributed by atoms with Gasteiger partial charge in [0.1, 0.15) is 11.4 Å². The summed E-state index contributed by atoms with van der Waals surface area (Å²) in [5, 5.41) is -0.132. The molecule has 0 saturated carbocycles. The lowest BCUT2D eigenvalue weighted by atomic mass is 10.0. The van der Waals surface area contributed by atoms with Crippen LogP contribution in [0.25, 0.3) is 0 Å². The van der Waals surface area contributed by atoms with Crippen molar-refractivity contribution in [2.24, 2.45) is 5.73 Å². The first-order chi connectivity index (χ1) is 8.89. The van der Waals surface area contributed by atoms with Crippen LogP contribution in [0, 0.1) is 0 Å². The number of fused-ring (bicyclic) bond motifs is 1. The minimum atomic E-state index is -1.34. The van der Waals surface area contributed by atoms with E-state index in [0.29, 0.717) is 0 Å². The lowest BCUT2D eigenvalue weighted by molar-refractivity contribution is -0.160. The SMILES string of the molecule is COC(=O)COC(=O)C1(Cl)CS[C@@H]2C(N)C(=O)N2C1. The van der Waals surface area contributed by atoms with E-state index in [-0.39, 0.29) is 23.6 Å². The summed E-state index contributed by atoms with van der Waals surface area (Å²) in [6.45, 7) is -0.454. The van der Waals surface area contributed by atoms with Gasteiger partial charge in [-0.2, -0.15) is 0 Å². The molecule has 0 aromatic carbocycles. The summed E-state index contributed by atoms with van der Waals surface area (Å²) in [7, 11) is 1.19.